The Labute approximate surface area is 200 Å². The van der Waals surface area contributed by atoms with Crippen LogP contribution >= 0.6 is 0 Å². The number of nitrogen functional groups attached to an aromatic ring is 1. The third-order valence-corrected chi connectivity index (χ3v) is 7.09. The topological polar surface area (TPSA) is 98.3 Å². The van der Waals surface area contributed by atoms with E-state index in [0.717, 1.165) is 49.3 Å². The number of carbonyl (C=O) groups excluding carboxylic acids is 1. The summed E-state index contributed by atoms with van der Waals surface area (Å²) in [5, 5.41) is 7.79. The molecule has 2 unspecified atom stereocenters. The van der Waals surface area contributed by atoms with Crippen LogP contribution in [0.1, 0.15) is 49.6 Å². The molecular formula is C26H32N6O2. The fraction of sp³-hybridized carbons (Fsp3) is 0.423. The molecule has 5 rings (SSSR count). The van der Waals surface area contributed by atoms with Gasteiger partial charge in [-0.15, -0.1) is 0 Å². The predicted molar refractivity (Wildman–Crippen MR) is 132 cm³/mol. The van der Waals surface area contributed by atoms with E-state index in [4.69, 9.17) is 15.6 Å². The van der Waals surface area contributed by atoms with Crippen LogP contribution in [0.4, 0.5) is 10.6 Å². The maximum Gasteiger partial charge on any atom is 0.317 e. The number of nitrogens with zero attached hydrogens (tertiary/aromatic N) is 4. The molecule has 0 aliphatic carbocycles. The second kappa shape index (κ2) is 8.66. The van der Waals surface area contributed by atoms with Gasteiger partial charge in [0.1, 0.15) is 6.10 Å². The van der Waals surface area contributed by atoms with E-state index in [-0.39, 0.29) is 17.6 Å². The van der Waals surface area contributed by atoms with Crippen LogP contribution in [0.3, 0.4) is 0 Å². The molecule has 1 saturated heterocycles. The first-order valence-corrected chi connectivity index (χ1v) is 12.0. The number of pyridine rings is 1. The summed E-state index contributed by atoms with van der Waals surface area (Å²) in [7, 11) is 0. The lowest BCUT2D eigenvalue weighted by atomic mass is 9.82. The largest absolute Gasteiger partial charge is 0.482 e. The van der Waals surface area contributed by atoms with Crippen LogP contribution in [0.2, 0.25) is 0 Å². The molecule has 3 N–H and O–H groups in total. The van der Waals surface area contributed by atoms with Gasteiger partial charge >= 0.3 is 6.03 Å². The Hall–Kier alpha value is -3.55. The molecule has 4 heterocycles. The number of ether oxygens (including phenoxy) is 1. The Balaban J connectivity index is 1.38. The van der Waals surface area contributed by atoms with Crippen LogP contribution < -0.4 is 15.8 Å². The Bertz CT molecular complexity index is 1220. The van der Waals surface area contributed by atoms with Crippen molar-refractivity contribution in [1.29, 1.82) is 0 Å². The number of aromatic nitrogens is 3. The summed E-state index contributed by atoms with van der Waals surface area (Å²) in [4.78, 5) is 18.7. The normalized spacial score (nSPS) is 19.9. The van der Waals surface area contributed by atoms with Crippen LogP contribution in [0.5, 0.6) is 5.75 Å². The summed E-state index contributed by atoms with van der Waals surface area (Å²) in [6, 6.07) is 12.4. The lowest BCUT2D eigenvalue weighted by Gasteiger charge is -2.23. The summed E-state index contributed by atoms with van der Waals surface area (Å²) in [6.45, 7) is 9.02. The van der Waals surface area contributed by atoms with Crippen molar-refractivity contribution in [3.05, 3.63) is 59.4 Å². The van der Waals surface area contributed by atoms with Crippen molar-refractivity contribution >= 4 is 11.8 Å². The first kappa shape index (κ1) is 22.3. The first-order chi connectivity index (χ1) is 16.4. The number of urea groups is 1. The van der Waals surface area contributed by atoms with Gasteiger partial charge in [-0.2, -0.15) is 5.10 Å². The average molecular weight is 461 g/mol. The van der Waals surface area contributed by atoms with E-state index in [2.05, 4.69) is 46.2 Å². The van der Waals surface area contributed by atoms with E-state index in [9.17, 15) is 4.79 Å². The van der Waals surface area contributed by atoms with Crippen LogP contribution in [0, 0.1) is 6.92 Å². The maximum atomic E-state index is 12.4. The van der Waals surface area contributed by atoms with Crippen molar-refractivity contribution in [2.75, 3.05) is 25.4 Å². The van der Waals surface area contributed by atoms with Gasteiger partial charge < -0.3 is 20.7 Å². The standard InChI is InChI=1S/C26H32N6O2/c1-4-28-25(33)31-10-8-26(16-31)9-11-32-23(26)14-21(30-32)20-13-22(24(27)29-15-20)34-18(3)19-7-5-6-17(2)12-19/h5-7,12-15,18H,4,8-11,16H2,1-3H3,(H2,27,29)(H,28,33). The Morgan fingerprint density at radius 3 is 2.88 bits per heavy atom. The summed E-state index contributed by atoms with van der Waals surface area (Å²) < 4.78 is 8.30. The molecule has 3 aromatic rings. The lowest BCUT2D eigenvalue weighted by molar-refractivity contribution is 0.206. The number of aryl methyl sites for hydroxylation is 2. The lowest BCUT2D eigenvalue weighted by Crippen LogP contribution is -2.40. The van der Waals surface area contributed by atoms with E-state index in [1.165, 1.54) is 11.3 Å². The fourth-order valence-corrected chi connectivity index (χ4v) is 5.20. The van der Waals surface area contributed by atoms with Crippen molar-refractivity contribution in [3.8, 4) is 17.0 Å². The van der Waals surface area contributed by atoms with Gasteiger partial charge in [0.2, 0.25) is 0 Å². The molecular weight excluding hydrogens is 428 g/mol. The highest BCUT2D eigenvalue weighted by molar-refractivity contribution is 5.75. The minimum absolute atomic E-state index is 0.0184. The molecule has 8 heteroatoms. The molecule has 34 heavy (non-hydrogen) atoms. The van der Waals surface area contributed by atoms with Crippen molar-refractivity contribution < 1.29 is 9.53 Å². The van der Waals surface area contributed by atoms with Gasteiger partial charge in [-0.25, -0.2) is 9.78 Å². The fourth-order valence-electron chi connectivity index (χ4n) is 5.20. The smallest absolute Gasteiger partial charge is 0.317 e. The number of hydrogen-bond donors (Lipinski definition) is 2. The highest BCUT2D eigenvalue weighted by Crippen LogP contribution is 2.44. The quantitative estimate of drug-likeness (QED) is 0.599. The van der Waals surface area contributed by atoms with E-state index in [1.807, 2.05) is 30.9 Å². The number of anilines is 1. The number of hydrogen-bond acceptors (Lipinski definition) is 5. The van der Waals surface area contributed by atoms with Crippen molar-refractivity contribution in [1.82, 2.24) is 25.0 Å². The Kier molecular flexibility index (Phi) is 5.67. The first-order valence-electron chi connectivity index (χ1n) is 12.0. The van der Waals surface area contributed by atoms with E-state index in [0.29, 0.717) is 18.1 Å². The van der Waals surface area contributed by atoms with Gasteiger partial charge in [-0.05, 0) is 51.3 Å². The van der Waals surface area contributed by atoms with Crippen molar-refractivity contribution in [2.24, 2.45) is 0 Å². The molecule has 2 atom stereocenters. The monoisotopic (exact) mass is 460 g/mol. The zero-order chi connectivity index (χ0) is 23.9. The summed E-state index contributed by atoms with van der Waals surface area (Å²) in [6.07, 6.45) is 3.55. The third-order valence-electron chi connectivity index (χ3n) is 7.09. The molecule has 0 radical (unpaired) electrons. The zero-order valence-electron chi connectivity index (χ0n) is 20.0. The van der Waals surface area contributed by atoms with Gasteiger partial charge in [0.05, 0.1) is 5.69 Å². The molecule has 1 fully saturated rings. The maximum absolute atomic E-state index is 12.4. The molecule has 2 aliphatic rings. The number of fused-ring (bicyclic) bond motifs is 2. The van der Waals surface area contributed by atoms with Gasteiger partial charge in [-0.3, -0.25) is 4.68 Å². The van der Waals surface area contributed by atoms with Crippen LogP contribution in [0.15, 0.2) is 42.6 Å². The SMILES string of the molecule is CCNC(=O)N1CCC2(CCn3nc(-c4cnc(N)c(OC(C)c5cccc(C)c5)c4)cc32)C1. The van der Waals surface area contributed by atoms with E-state index >= 15 is 0 Å². The summed E-state index contributed by atoms with van der Waals surface area (Å²) >= 11 is 0. The molecule has 8 nitrogen and oxygen atoms in total. The minimum Gasteiger partial charge on any atom is -0.482 e. The van der Waals surface area contributed by atoms with Crippen LogP contribution in [-0.4, -0.2) is 45.3 Å². The Morgan fingerprint density at radius 1 is 1.26 bits per heavy atom. The average Bonchev–Trinajstić information content (AvgIpc) is 3.52. The Morgan fingerprint density at radius 2 is 2.09 bits per heavy atom. The summed E-state index contributed by atoms with van der Waals surface area (Å²) in [5.41, 5.74) is 11.3. The molecule has 178 valence electrons. The number of nitrogens with two attached hydrogens (primary N) is 1. The molecule has 0 bridgehead atoms. The van der Waals surface area contributed by atoms with Gasteiger partial charge in [0, 0.05) is 49.0 Å². The molecule has 2 aliphatic heterocycles. The highest BCUT2D eigenvalue weighted by Gasteiger charge is 2.46. The number of rotatable bonds is 5. The minimum atomic E-state index is -0.159. The number of nitrogens with one attached hydrogen (secondary N) is 1. The summed E-state index contributed by atoms with van der Waals surface area (Å²) in [5.74, 6) is 0.914. The molecule has 1 aromatic carbocycles. The predicted octanol–water partition coefficient (Wildman–Crippen LogP) is 4.05. The third kappa shape index (κ3) is 3.97. The molecule has 1 spiro atoms. The second-order valence-electron chi connectivity index (χ2n) is 9.46. The number of carbonyl (C=O) groups is 1. The highest BCUT2D eigenvalue weighted by atomic mass is 16.5. The van der Waals surface area contributed by atoms with Crippen LogP contribution in [-0.2, 0) is 12.0 Å². The number of likely N-dealkylation sites (tertiary alicyclic amines) is 1. The number of amides is 2. The van der Waals surface area contributed by atoms with Crippen molar-refractivity contribution in [2.45, 2.75) is 51.7 Å². The van der Waals surface area contributed by atoms with Crippen molar-refractivity contribution in [3.63, 3.8) is 0 Å². The second-order valence-corrected chi connectivity index (χ2v) is 9.46. The van der Waals surface area contributed by atoms with Gasteiger partial charge in [0.15, 0.2) is 11.6 Å². The molecule has 0 saturated carbocycles. The van der Waals surface area contributed by atoms with Gasteiger partial charge in [-0.1, -0.05) is 29.8 Å². The van der Waals surface area contributed by atoms with Gasteiger partial charge in [0.25, 0.3) is 0 Å². The van der Waals surface area contributed by atoms with Crippen LogP contribution in [0.25, 0.3) is 11.3 Å². The zero-order valence-corrected chi connectivity index (χ0v) is 20.0. The molecule has 2 amide bonds. The molecule has 2 aromatic heterocycles. The number of benzene rings is 1. The van der Waals surface area contributed by atoms with E-state index in [1.54, 1.807) is 6.20 Å². The van der Waals surface area contributed by atoms with E-state index < -0.39 is 0 Å².